The number of hydrogen-bond donors (Lipinski definition) is 0. The van der Waals surface area contributed by atoms with E-state index >= 15 is 0 Å². The first-order valence-electron chi connectivity index (χ1n) is 5.43. The number of esters is 1. The van der Waals surface area contributed by atoms with Crippen molar-refractivity contribution in [1.82, 2.24) is 0 Å². The van der Waals surface area contributed by atoms with Crippen LogP contribution in [0.15, 0.2) is 0 Å². The van der Waals surface area contributed by atoms with E-state index in [4.69, 9.17) is 10.00 Å². The molecule has 0 N–H and O–H groups in total. The lowest BCUT2D eigenvalue weighted by Gasteiger charge is -2.10. The van der Waals surface area contributed by atoms with Crippen LogP contribution < -0.4 is 0 Å². The monoisotopic (exact) mass is 227 g/mol. The number of hydrogen-bond acceptors (Lipinski definition) is 4. The first kappa shape index (κ1) is 12.4. The predicted molar refractivity (Wildman–Crippen MR) is 60.5 cm³/mol. The number of nitrogens with zero attached hydrogens (tertiary/aromatic N) is 1. The molecule has 2 atom stereocenters. The molecule has 0 spiro atoms. The van der Waals surface area contributed by atoms with Crippen molar-refractivity contribution in [1.29, 1.82) is 5.26 Å². The predicted octanol–water partition coefficient (Wildman–Crippen LogP) is 2.37. The van der Waals surface area contributed by atoms with E-state index in [0.29, 0.717) is 5.75 Å². The van der Waals surface area contributed by atoms with Crippen molar-refractivity contribution in [2.45, 2.75) is 38.7 Å². The zero-order chi connectivity index (χ0) is 11.1. The van der Waals surface area contributed by atoms with Crippen LogP contribution in [0.1, 0.15) is 32.6 Å². The van der Waals surface area contributed by atoms with Crippen molar-refractivity contribution in [2.75, 3.05) is 11.5 Å². The van der Waals surface area contributed by atoms with Crippen molar-refractivity contribution in [3.05, 3.63) is 0 Å². The molecule has 0 radical (unpaired) electrons. The van der Waals surface area contributed by atoms with Crippen molar-refractivity contribution in [2.24, 2.45) is 5.92 Å². The number of carbonyl (C=O) groups is 1. The first-order valence-corrected chi connectivity index (χ1v) is 6.58. The van der Waals surface area contributed by atoms with E-state index < -0.39 is 0 Å². The fraction of sp³-hybridized carbons (Fsp3) is 0.818. The molecule has 1 aliphatic rings. The minimum Gasteiger partial charge on any atom is -0.462 e. The fourth-order valence-corrected chi connectivity index (χ4v) is 2.35. The Balaban J connectivity index is 2.14. The van der Waals surface area contributed by atoms with E-state index in [1.54, 1.807) is 11.8 Å². The normalized spacial score (nSPS) is 24.8. The number of thioether (sulfide) groups is 1. The zero-order valence-electron chi connectivity index (χ0n) is 9.07. The maximum Gasteiger partial charge on any atom is 0.316 e. The van der Waals surface area contributed by atoms with E-state index in [9.17, 15) is 4.79 Å². The van der Waals surface area contributed by atoms with Gasteiger partial charge in [-0.25, -0.2) is 0 Å². The van der Waals surface area contributed by atoms with Crippen LogP contribution in [0, 0.1) is 17.2 Å². The molecule has 0 aromatic carbocycles. The Kier molecular flexibility index (Phi) is 5.56. The molecule has 1 rings (SSSR count). The van der Waals surface area contributed by atoms with Gasteiger partial charge in [0.15, 0.2) is 0 Å². The molecule has 0 unspecified atom stereocenters. The highest BCUT2D eigenvalue weighted by atomic mass is 32.2. The summed E-state index contributed by atoms with van der Waals surface area (Å²) in [6.07, 6.45) is 3.52. The minimum atomic E-state index is -0.128. The van der Waals surface area contributed by atoms with Gasteiger partial charge in [-0.1, -0.05) is 6.92 Å². The Labute approximate surface area is 95.2 Å². The Hall–Kier alpha value is -0.690. The van der Waals surface area contributed by atoms with Crippen LogP contribution in [0.2, 0.25) is 0 Å². The van der Waals surface area contributed by atoms with Gasteiger partial charge >= 0.3 is 5.97 Å². The standard InChI is InChI=1S/C11H17NO2S/c1-2-5-15-8-11(13)14-10-4-3-9(6-10)7-12/h9-10H,2-6,8H2,1H3/t9-,10+/m0/s1. The third-order valence-corrected chi connectivity index (χ3v) is 3.57. The third-order valence-electron chi connectivity index (χ3n) is 2.43. The van der Waals surface area contributed by atoms with Gasteiger partial charge in [0.25, 0.3) is 0 Å². The topological polar surface area (TPSA) is 50.1 Å². The fourth-order valence-electron chi connectivity index (χ4n) is 1.68. The molecule has 3 nitrogen and oxygen atoms in total. The highest BCUT2D eigenvalue weighted by molar-refractivity contribution is 7.99. The van der Waals surface area contributed by atoms with E-state index in [2.05, 4.69) is 13.0 Å². The number of carbonyl (C=O) groups excluding carboxylic acids is 1. The largest absolute Gasteiger partial charge is 0.462 e. The van der Waals surface area contributed by atoms with Gasteiger partial charge in [-0.15, -0.1) is 0 Å². The second-order valence-electron chi connectivity index (χ2n) is 3.80. The molecular formula is C11H17NO2S. The molecule has 84 valence electrons. The maximum atomic E-state index is 11.3. The molecule has 1 saturated carbocycles. The SMILES string of the molecule is CCCSCC(=O)O[C@@H]1CC[C@H](C#N)C1. The Morgan fingerprint density at radius 2 is 2.40 bits per heavy atom. The van der Waals surface area contributed by atoms with Gasteiger partial charge < -0.3 is 4.74 Å². The summed E-state index contributed by atoms with van der Waals surface area (Å²) in [5, 5.41) is 8.70. The maximum absolute atomic E-state index is 11.3. The summed E-state index contributed by atoms with van der Waals surface area (Å²) in [6, 6.07) is 2.22. The van der Waals surface area contributed by atoms with Crippen LogP contribution >= 0.6 is 11.8 Å². The molecule has 0 aliphatic heterocycles. The molecule has 0 amide bonds. The molecule has 0 aromatic rings. The molecule has 1 fully saturated rings. The van der Waals surface area contributed by atoms with E-state index in [1.807, 2.05) is 0 Å². The van der Waals surface area contributed by atoms with Crippen molar-refractivity contribution in [3.8, 4) is 6.07 Å². The van der Waals surface area contributed by atoms with E-state index in [1.165, 1.54) is 0 Å². The molecule has 0 heterocycles. The average Bonchev–Trinajstić information content (AvgIpc) is 2.66. The van der Waals surface area contributed by atoms with Crippen LogP contribution in [-0.2, 0) is 9.53 Å². The lowest BCUT2D eigenvalue weighted by atomic mass is 10.1. The van der Waals surface area contributed by atoms with Crippen molar-refractivity contribution >= 4 is 17.7 Å². The number of rotatable bonds is 5. The van der Waals surface area contributed by atoms with Crippen LogP contribution in [0.4, 0.5) is 0 Å². The molecule has 0 saturated heterocycles. The summed E-state index contributed by atoms with van der Waals surface area (Å²) in [5.41, 5.74) is 0. The lowest BCUT2D eigenvalue weighted by molar-refractivity contribution is -0.145. The lowest BCUT2D eigenvalue weighted by Crippen LogP contribution is -2.17. The highest BCUT2D eigenvalue weighted by Crippen LogP contribution is 2.27. The summed E-state index contributed by atoms with van der Waals surface area (Å²) in [7, 11) is 0. The van der Waals surface area contributed by atoms with Gasteiger partial charge in [0.1, 0.15) is 6.10 Å². The second kappa shape index (κ2) is 6.73. The Bertz CT molecular complexity index is 249. The molecule has 4 heteroatoms. The van der Waals surface area contributed by atoms with Gasteiger partial charge in [-0.3, -0.25) is 4.79 Å². The van der Waals surface area contributed by atoms with E-state index in [0.717, 1.165) is 31.4 Å². The summed E-state index contributed by atoms with van der Waals surface area (Å²) >= 11 is 1.61. The van der Waals surface area contributed by atoms with Crippen LogP contribution in [0.25, 0.3) is 0 Å². The summed E-state index contributed by atoms with van der Waals surface area (Å²) in [5.74, 6) is 1.41. The summed E-state index contributed by atoms with van der Waals surface area (Å²) in [4.78, 5) is 11.3. The Morgan fingerprint density at radius 3 is 3.00 bits per heavy atom. The second-order valence-corrected chi connectivity index (χ2v) is 4.91. The molecule has 0 aromatic heterocycles. The van der Waals surface area contributed by atoms with Crippen molar-refractivity contribution in [3.63, 3.8) is 0 Å². The quantitative estimate of drug-likeness (QED) is 0.534. The van der Waals surface area contributed by atoms with Gasteiger partial charge in [0.2, 0.25) is 0 Å². The highest BCUT2D eigenvalue weighted by Gasteiger charge is 2.27. The van der Waals surface area contributed by atoms with Crippen LogP contribution in [-0.4, -0.2) is 23.6 Å². The van der Waals surface area contributed by atoms with Gasteiger partial charge in [-0.2, -0.15) is 17.0 Å². The molecule has 0 bridgehead atoms. The molecule has 1 aliphatic carbocycles. The number of nitriles is 1. The van der Waals surface area contributed by atoms with Gasteiger partial charge in [0, 0.05) is 12.3 Å². The average molecular weight is 227 g/mol. The first-order chi connectivity index (χ1) is 7.26. The van der Waals surface area contributed by atoms with Crippen LogP contribution in [0.5, 0.6) is 0 Å². The van der Waals surface area contributed by atoms with Crippen LogP contribution in [0.3, 0.4) is 0 Å². The third kappa shape index (κ3) is 4.57. The van der Waals surface area contributed by atoms with Gasteiger partial charge in [-0.05, 0) is 25.0 Å². The summed E-state index contributed by atoms with van der Waals surface area (Å²) < 4.78 is 5.28. The minimum absolute atomic E-state index is 0.00984. The number of ether oxygens (including phenoxy) is 1. The molecule has 15 heavy (non-hydrogen) atoms. The molecular weight excluding hydrogens is 210 g/mol. The van der Waals surface area contributed by atoms with Crippen molar-refractivity contribution < 1.29 is 9.53 Å². The van der Waals surface area contributed by atoms with Gasteiger partial charge in [0.05, 0.1) is 11.8 Å². The summed E-state index contributed by atoms with van der Waals surface area (Å²) in [6.45, 7) is 2.09. The van der Waals surface area contributed by atoms with E-state index in [-0.39, 0.29) is 18.0 Å². The zero-order valence-corrected chi connectivity index (χ0v) is 9.89. The smallest absolute Gasteiger partial charge is 0.316 e. The Morgan fingerprint density at radius 1 is 1.60 bits per heavy atom.